The van der Waals surface area contributed by atoms with E-state index in [9.17, 15) is 0 Å². The van der Waals surface area contributed by atoms with Crippen molar-refractivity contribution in [2.24, 2.45) is 5.73 Å². The summed E-state index contributed by atoms with van der Waals surface area (Å²) in [7, 11) is 0. The average Bonchev–Trinajstić information content (AvgIpc) is 2.89. The molecule has 21 heavy (non-hydrogen) atoms. The number of benzene rings is 1. The van der Waals surface area contributed by atoms with E-state index in [-0.39, 0.29) is 0 Å². The molecule has 2 aromatic heterocycles. The molecule has 5 heteroatoms. The summed E-state index contributed by atoms with van der Waals surface area (Å²) in [5.41, 5.74) is 9.69. The van der Waals surface area contributed by atoms with Crippen molar-refractivity contribution in [3.63, 3.8) is 0 Å². The Morgan fingerprint density at radius 3 is 2.67 bits per heavy atom. The number of rotatable bonds is 5. The van der Waals surface area contributed by atoms with Gasteiger partial charge in [0.2, 0.25) is 5.88 Å². The highest BCUT2D eigenvalue weighted by atomic mass is 16.5. The van der Waals surface area contributed by atoms with Crippen molar-refractivity contribution in [2.75, 3.05) is 6.61 Å². The number of pyridine rings is 1. The van der Waals surface area contributed by atoms with E-state index in [4.69, 9.17) is 10.5 Å². The highest BCUT2D eigenvalue weighted by Gasteiger charge is 2.08. The molecule has 0 atom stereocenters. The Bertz CT molecular complexity index is 751. The summed E-state index contributed by atoms with van der Waals surface area (Å²) in [5, 5.41) is 0. The fourth-order valence-electron chi connectivity index (χ4n) is 2.35. The molecule has 0 aliphatic carbocycles. The predicted octanol–water partition coefficient (Wildman–Crippen LogP) is 2.41. The highest BCUT2D eigenvalue weighted by molar-refractivity contribution is 5.71. The molecule has 108 valence electrons. The molecule has 3 rings (SSSR count). The molecule has 0 fully saturated rings. The third-order valence-electron chi connectivity index (χ3n) is 3.36. The quantitative estimate of drug-likeness (QED) is 0.753. The van der Waals surface area contributed by atoms with E-state index in [2.05, 4.69) is 21.0 Å². The van der Waals surface area contributed by atoms with Gasteiger partial charge in [-0.25, -0.2) is 4.98 Å². The number of imidazole rings is 1. The average molecular weight is 282 g/mol. The van der Waals surface area contributed by atoms with Gasteiger partial charge >= 0.3 is 0 Å². The van der Waals surface area contributed by atoms with Crippen LogP contribution in [0.3, 0.4) is 0 Å². The molecule has 0 aliphatic heterocycles. The van der Waals surface area contributed by atoms with Crippen LogP contribution in [-0.2, 0) is 13.0 Å². The van der Waals surface area contributed by atoms with Gasteiger partial charge in [0.15, 0.2) is 5.65 Å². The molecule has 0 saturated carbocycles. The van der Waals surface area contributed by atoms with E-state index in [1.165, 1.54) is 5.56 Å². The lowest BCUT2D eigenvalue weighted by Crippen LogP contribution is -2.02. The Kier molecular flexibility index (Phi) is 3.83. The van der Waals surface area contributed by atoms with Gasteiger partial charge in [-0.2, -0.15) is 4.98 Å². The van der Waals surface area contributed by atoms with Crippen LogP contribution >= 0.6 is 0 Å². The number of hydrogen-bond acceptors (Lipinski definition) is 4. The number of fused-ring (bicyclic) bond motifs is 1. The number of nitrogens with zero attached hydrogens (tertiary/aromatic N) is 2. The number of ether oxygens (including phenoxy) is 1. The van der Waals surface area contributed by atoms with E-state index >= 15 is 0 Å². The molecule has 0 radical (unpaired) electrons. The Morgan fingerprint density at radius 1 is 1.10 bits per heavy atom. The van der Waals surface area contributed by atoms with Crippen molar-refractivity contribution in [1.29, 1.82) is 0 Å². The van der Waals surface area contributed by atoms with Crippen molar-refractivity contribution in [3.8, 4) is 5.88 Å². The van der Waals surface area contributed by atoms with Crippen molar-refractivity contribution >= 4 is 11.2 Å². The molecule has 0 unspecified atom stereocenters. The standard InChI is InChI=1S/C16H18N4O/c1-2-21-15-8-7-13-16(20-15)19-14(18-13)9-11-5-3-4-6-12(11)10-17/h3-8H,2,9-10,17H2,1H3,(H,18,19,20). The SMILES string of the molecule is CCOc1ccc2[nH]c(Cc3ccccc3CN)nc2n1. The van der Waals surface area contributed by atoms with Crippen LogP contribution in [-0.4, -0.2) is 21.6 Å². The number of nitrogens with two attached hydrogens (primary N) is 1. The summed E-state index contributed by atoms with van der Waals surface area (Å²) >= 11 is 0. The van der Waals surface area contributed by atoms with Crippen molar-refractivity contribution in [1.82, 2.24) is 15.0 Å². The fraction of sp³-hybridized carbons (Fsp3) is 0.250. The van der Waals surface area contributed by atoms with Crippen LogP contribution < -0.4 is 10.5 Å². The van der Waals surface area contributed by atoms with E-state index in [1.807, 2.05) is 37.3 Å². The minimum Gasteiger partial charge on any atom is -0.478 e. The summed E-state index contributed by atoms with van der Waals surface area (Å²) < 4.78 is 5.40. The molecule has 1 aromatic carbocycles. The number of aromatic nitrogens is 3. The van der Waals surface area contributed by atoms with Gasteiger partial charge in [-0.05, 0) is 24.1 Å². The number of nitrogens with one attached hydrogen (secondary N) is 1. The zero-order chi connectivity index (χ0) is 14.7. The smallest absolute Gasteiger partial charge is 0.215 e. The zero-order valence-electron chi connectivity index (χ0n) is 12.0. The van der Waals surface area contributed by atoms with Crippen LogP contribution in [0.1, 0.15) is 23.9 Å². The van der Waals surface area contributed by atoms with Gasteiger partial charge in [-0.3, -0.25) is 0 Å². The molecule has 3 aromatic rings. The minimum absolute atomic E-state index is 0.531. The second-order valence-corrected chi connectivity index (χ2v) is 4.79. The van der Waals surface area contributed by atoms with Gasteiger partial charge in [0.1, 0.15) is 5.82 Å². The molecule has 0 saturated heterocycles. The lowest BCUT2D eigenvalue weighted by molar-refractivity contribution is 0.328. The first kappa shape index (κ1) is 13.6. The molecule has 5 nitrogen and oxygen atoms in total. The Morgan fingerprint density at radius 2 is 1.90 bits per heavy atom. The Hall–Kier alpha value is -2.40. The van der Waals surface area contributed by atoms with E-state index in [1.54, 1.807) is 0 Å². The molecular weight excluding hydrogens is 264 g/mol. The summed E-state index contributed by atoms with van der Waals surface area (Å²) in [6.07, 6.45) is 0.716. The first-order valence-corrected chi connectivity index (χ1v) is 7.05. The van der Waals surface area contributed by atoms with E-state index in [0.717, 1.165) is 16.9 Å². The van der Waals surface area contributed by atoms with Crippen molar-refractivity contribution < 1.29 is 4.74 Å². The monoisotopic (exact) mass is 282 g/mol. The first-order chi connectivity index (χ1) is 10.3. The highest BCUT2D eigenvalue weighted by Crippen LogP contribution is 2.17. The summed E-state index contributed by atoms with van der Waals surface area (Å²) in [5.74, 6) is 1.48. The van der Waals surface area contributed by atoms with Crippen molar-refractivity contribution in [3.05, 3.63) is 53.3 Å². The third kappa shape index (κ3) is 2.87. The molecular formula is C16H18N4O. The number of hydrogen-bond donors (Lipinski definition) is 2. The van der Waals surface area contributed by atoms with Crippen LogP contribution in [0.2, 0.25) is 0 Å². The summed E-state index contributed by atoms with van der Waals surface area (Å²) in [4.78, 5) is 12.2. The Labute approximate surface area is 123 Å². The molecule has 0 bridgehead atoms. The van der Waals surface area contributed by atoms with Gasteiger partial charge in [-0.15, -0.1) is 0 Å². The first-order valence-electron chi connectivity index (χ1n) is 7.05. The molecule has 0 aliphatic rings. The summed E-state index contributed by atoms with van der Waals surface area (Å²) in [6.45, 7) is 3.06. The predicted molar refractivity (Wildman–Crippen MR) is 82.2 cm³/mol. The molecule has 2 heterocycles. The Balaban J connectivity index is 1.90. The van der Waals surface area contributed by atoms with Crippen LogP contribution in [0.25, 0.3) is 11.2 Å². The van der Waals surface area contributed by atoms with Crippen LogP contribution in [0.15, 0.2) is 36.4 Å². The molecule has 3 N–H and O–H groups in total. The van der Waals surface area contributed by atoms with Gasteiger partial charge < -0.3 is 15.5 Å². The normalized spacial score (nSPS) is 11.0. The second kappa shape index (κ2) is 5.93. The van der Waals surface area contributed by atoms with E-state index in [0.29, 0.717) is 31.1 Å². The minimum atomic E-state index is 0.531. The topological polar surface area (TPSA) is 76.8 Å². The van der Waals surface area contributed by atoms with Gasteiger partial charge in [0.05, 0.1) is 12.1 Å². The third-order valence-corrected chi connectivity index (χ3v) is 3.36. The number of aromatic amines is 1. The molecule has 0 amide bonds. The maximum absolute atomic E-state index is 5.77. The van der Waals surface area contributed by atoms with Crippen LogP contribution in [0.5, 0.6) is 5.88 Å². The maximum Gasteiger partial charge on any atom is 0.215 e. The molecule has 0 spiro atoms. The second-order valence-electron chi connectivity index (χ2n) is 4.79. The number of H-pyrrole nitrogens is 1. The van der Waals surface area contributed by atoms with Gasteiger partial charge in [0, 0.05) is 19.0 Å². The largest absolute Gasteiger partial charge is 0.478 e. The van der Waals surface area contributed by atoms with Crippen molar-refractivity contribution in [2.45, 2.75) is 19.9 Å². The van der Waals surface area contributed by atoms with Gasteiger partial charge in [-0.1, -0.05) is 24.3 Å². The van der Waals surface area contributed by atoms with Crippen LogP contribution in [0, 0.1) is 0 Å². The van der Waals surface area contributed by atoms with Crippen LogP contribution in [0.4, 0.5) is 0 Å². The lowest BCUT2D eigenvalue weighted by atomic mass is 10.0. The fourth-order valence-corrected chi connectivity index (χ4v) is 2.35. The lowest BCUT2D eigenvalue weighted by Gasteiger charge is -2.04. The summed E-state index contributed by atoms with van der Waals surface area (Å²) in [6, 6.07) is 11.9. The maximum atomic E-state index is 5.77. The van der Waals surface area contributed by atoms with E-state index < -0.39 is 0 Å². The van der Waals surface area contributed by atoms with Gasteiger partial charge in [0.25, 0.3) is 0 Å². The zero-order valence-corrected chi connectivity index (χ0v) is 12.0.